The molecule has 0 atom stereocenters. The summed E-state index contributed by atoms with van der Waals surface area (Å²) in [4.78, 5) is 26.1. The van der Waals surface area contributed by atoms with Crippen LogP contribution in [0, 0.1) is 0 Å². The molecule has 0 unspecified atom stereocenters. The number of amides is 2. The van der Waals surface area contributed by atoms with Gasteiger partial charge in [-0.1, -0.05) is 29.8 Å². The van der Waals surface area contributed by atoms with Gasteiger partial charge in [0.05, 0.1) is 16.5 Å². The Labute approximate surface area is 150 Å². The van der Waals surface area contributed by atoms with Gasteiger partial charge in [0.2, 0.25) is 15.9 Å². The Morgan fingerprint density at radius 1 is 1.16 bits per heavy atom. The van der Waals surface area contributed by atoms with Crippen LogP contribution in [-0.2, 0) is 14.8 Å². The van der Waals surface area contributed by atoms with E-state index >= 15 is 0 Å². The summed E-state index contributed by atoms with van der Waals surface area (Å²) in [5.74, 6) is -1.15. The number of anilines is 2. The smallest absolute Gasteiger partial charge is 0.258 e. The first-order valence-electron chi connectivity index (χ1n) is 7.50. The van der Waals surface area contributed by atoms with E-state index < -0.39 is 15.9 Å². The molecule has 2 aromatic carbocycles. The summed E-state index contributed by atoms with van der Waals surface area (Å²) < 4.78 is 24.9. The fourth-order valence-corrected chi connectivity index (χ4v) is 4.33. The quantitative estimate of drug-likeness (QED) is 0.822. The van der Waals surface area contributed by atoms with Crippen LogP contribution in [0.5, 0.6) is 0 Å². The molecule has 0 radical (unpaired) electrons. The van der Waals surface area contributed by atoms with Crippen molar-refractivity contribution in [3.05, 3.63) is 59.1 Å². The molecule has 1 saturated heterocycles. The zero-order chi connectivity index (χ0) is 18.2. The van der Waals surface area contributed by atoms with E-state index in [4.69, 9.17) is 11.6 Å². The molecule has 1 aliphatic heterocycles. The first-order valence-corrected chi connectivity index (χ1v) is 9.48. The van der Waals surface area contributed by atoms with Gasteiger partial charge in [0, 0.05) is 24.7 Å². The number of halogens is 1. The van der Waals surface area contributed by atoms with Crippen LogP contribution < -0.4 is 9.21 Å². The third kappa shape index (κ3) is 3.25. The molecule has 6 nitrogen and oxygen atoms in total. The highest BCUT2D eigenvalue weighted by Crippen LogP contribution is 2.33. The van der Waals surface area contributed by atoms with Crippen LogP contribution in [0.15, 0.2) is 48.5 Å². The van der Waals surface area contributed by atoms with Crippen molar-refractivity contribution < 1.29 is 18.0 Å². The maximum atomic E-state index is 12.7. The van der Waals surface area contributed by atoms with Gasteiger partial charge in [-0.2, -0.15) is 0 Å². The molecule has 2 aromatic rings. The predicted octanol–water partition coefficient (Wildman–Crippen LogP) is 2.68. The SMILES string of the molecule is CN(C(=O)c1ccc(Cl)c(N2C(=O)CCS2(=O)=O)c1)c1ccccc1. The second-order valence-electron chi connectivity index (χ2n) is 5.59. The average molecular weight is 379 g/mol. The van der Waals surface area contributed by atoms with E-state index in [0.29, 0.717) is 9.99 Å². The second-order valence-corrected chi connectivity index (χ2v) is 7.93. The highest BCUT2D eigenvalue weighted by molar-refractivity contribution is 7.94. The molecule has 1 heterocycles. The molecular weight excluding hydrogens is 364 g/mol. The molecule has 2 amide bonds. The number of para-hydroxylation sites is 1. The number of hydrogen-bond acceptors (Lipinski definition) is 4. The monoisotopic (exact) mass is 378 g/mol. The van der Waals surface area contributed by atoms with Crippen molar-refractivity contribution >= 4 is 44.8 Å². The normalized spacial score (nSPS) is 16.1. The van der Waals surface area contributed by atoms with E-state index in [9.17, 15) is 18.0 Å². The van der Waals surface area contributed by atoms with Crippen molar-refractivity contribution in [3.63, 3.8) is 0 Å². The fraction of sp³-hybridized carbons (Fsp3) is 0.176. The summed E-state index contributed by atoms with van der Waals surface area (Å²) >= 11 is 6.09. The largest absolute Gasteiger partial charge is 0.311 e. The predicted molar refractivity (Wildman–Crippen MR) is 96.5 cm³/mol. The van der Waals surface area contributed by atoms with E-state index in [2.05, 4.69) is 0 Å². The van der Waals surface area contributed by atoms with Crippen molar-refractivity contribution in [1.29, 1.82) is 0 Å². The minimum absolute atomic E-state index is 0.0106. The third-order valence-corrected chi connectivity index (χ3v) is 5.93. The van der Waals surface area contributed by atoms with Gasteiger partial charge >= 0.3 is 0 Å². The summed E-state index contributed by atoms with van der Waals surface area (Å²) in [5, 5.41) is 0.0951. The summed E-state index contributed by atoms with van der Waals surface area (Å²) in [6.45, 7) is 0. The number of rotatable bonds is 3. The van der Waals surface area contributed by atoms with Crippen LogP contribution in [0.25, 0.3) is 0 Å². The lowest BCUT2D eigenvalue weighted by Crippen LogP contribution is -2.30. The molecule has 130 valence electrons. The van der Waals surface area contributed by atoms with E-state index in [-0.39, 0.29) is 34.4 Å². The number of hydrogen-bond donors (Lipinski definition) is 0. The average Bonchev–Trinajstić information content (AvgIpc) is 2.88. The number of benzene rings is 2. The topological polar surface area (TPSA) is 74.8 Å². The maximum Gasteiger partial charge on any atom is 0.258 e. The van der Waals surface area contributed by atoms with Gasteiger partial charge in [0.15, 0.2) is 0 Å². The van der Waals surface area contributed by atoms with Crippen LogP contribution in [0.1, 0.15) is 16.8 Å². The van der Waals surface area contributed by atoms with Crippen LogP contribution >= 0.6 is 11.6 Å². The van der Waals surface area contributed by atoms with Crippen LogP contribution in [0.2, 0.25) is 5.02 Å². The number of nitrogens with zero attached hydrogens (tertiary/aromatic N) is 2. The Balaban J connectivity index is 2.00. The number of carbonyl (C=O) groups is 2. The minimum Gasteiger partial charge on any atom is -0.311 e. The summed E-state index contributed by atoms with van der Waals surface area (Å²) in [6, 6.07) is 13.3. The van der Waals surface area contributed by atoms with Crippen LogP contribution in [0.4, 0.5) is 11.4 Å². The Morgan fingerprint density at radius 3 is 2.44 bits per heavy atom. The summed E-state index contributed by atoms with van der Waals surface area (Å²) in [7, 11) is -2.14. The molecule has 25 heavy (non-hydrogen) atoms. The van der Waals surface area contributed by atoms with Crippen LogP contribution in [-0.4, -0.2) is 33.0 Å². The van der Waals surface area contributed by atoms with E-state index in [0.717, 1.165) is 0 Å². The van der Waals surface area contributed by atoms with Crippen molar-refractivity contribution in [2.45, 2.75) is 6.42 Å². The van der Waals surface area contributed by atoms with E-state index in [1.807, 2.05) is 18.2 Å². The highest BCUT2D eigenvalue weighted by Gasteiger charge is 2.37. The van der Waals surface area contributed by atoms with Crippen molar-refractivity contribution in [1.82, 2.24) is 0 Å². The van der Waals surface area contributed by atoms with E-state index in [1.165, 1.54) is 23.1 Å². The van der Waals surface area contributed by atoms with Gasteiger partial charge in [-0.15, -0.1) is 0 Å². The van der Waals surface area contributed by atoms with Crippen LogP contribution in [0.3, 0.4) is 0 Å². The standard InChI is InChI=1S/C17H15ClN2O4S/c1-19(13-5-3-2-4-6-13)17(22)12-7-8-14(18)15(11-12)20-16(21)9-10-25(20,23)24/h2-8,11H,9-10H2,1H3. The molecule has 0 aliphatic carbocycles. The van der Waals surface area contributed by atoms with Crippen molar-refractivity contribution in [2.24, 2.45) is 0 Å². The van der Waals surface area contributed by atoms with Gasteiger partial charge in [0.1, 0.15) is 0 Å². The first-order chi connectivity index (χ1) is 11.8. The fourth-order valence-electron chi connectivity index (χ4n) is 2.61. The Kier molecular flexibility index (Phi) is 4.53. The number of sulfonamides is 1. The summed E-state index contributed by atoms with van der Waals surface area (Å²) in [6.07, 6.45) is -0.0965. The Hall–Kier alpha value is -2.38. The van der Waals surface area contributed by atoms with Gasteiger partial charge in [-0.3, -0.25) is 9.59 Å². The Morgan fingerprint density at radius 2 is 1.84 bits per heavy atom. The first kappa shape index (κ1) is 17.4. The van der Waals surface area contributed by atoms with Crippen molar-refractivity contribution in [3.8, 4) is 0 Å². The van der Waals surface area contributed by atoms with Gasteiger partial charge in [-0.25, -0.2) is 12.7 Å². The molecule has 0 bridgehead atoms. The van der Waals surface area contributed by atoms with Crippen molar-refractivity contribution in [2.75, 3.05) is 22.0 Å². The zero-order valence-corrected chi connectivity index (χ0v) is 14.9. The molecule has 0 spiro atoms. The molecular formula is C17H15ClN2O4S. The number of carbonyl (C=O) groups excluding carboxylic acids is 2. The molecule has 1 fully saturated rings. The van der Waals surface area contributed by atoms with Gasteiger partial charge in [0.25, 0.3) is 5.91 Å². The maximum absolute atomic E-state index is 12.7. The molecule has 0 saturated carbocycles. The molecule has 8 heteroatoms. The van der Waals surface area contributed by atoms with Gasteiger partial charge < -0.3 is 4.90 Å². The molecule has 3 rings (SSSR count). The van der Waals surface area contributed by atoms with E-state index in [1.54, 1.807) is 19.2 Å². The lowest BCUT2D eigenvalue weighted by Gasteiger charge is -2.20. The Bertz CT molecular complexity index is 944. The zero-order valence-electron chi connectivity index (χ0n) is 13.3. The summed E-state index contributed by atoms with van der Waals surface area (Å²) in [5.41, 5.74) is 0.936. The second kappa shape index (κ2) is 6.50. The lowest BCUT2D eigenvalue weighted by molar-refractivity contribution is -0.116. The molecule has 0 aromatic heterocycles. The minimum atomic E-state index is -3.75. The highest BCUT2D eigenvalue weighted by atomic mass is 35.5. The lowest BCUT2D eigenvalue weighted by atomic mass is 10.1. The molecule has 1 aliphatic rings. The van der Waals surface area contributed by atoms with Gasteiger partial charge in [-0.05, 0) is 30.3 Å². The third-order valence-electron chi connectivity index (χ3n) is 3.94. The molecule has 0 N–H and O–H groups in total.